The van der Waals surface area contributed by atoms with Crippen LogP contribution in [0.2, 0.25) is 0 Å². The second kappa shape index (κ2) is 8.09. The predicted octanol–water partition coefficient (Wildman–Crippen LogP) is 3.11. The molecular formula is C16H15NOU. The molecule has 1 aliphatic rings. The molecule has 0 N–H and O–H groups in total. The fourth-order valence-corrected chi connectivity index (χ4v) is 1.77. The third-order valence-electron chi connectivity index (χ3n) is 2.67. The fourth-order valence-electron chi connectivity index (χ4n) is 1.77. The number of β-lactam (4-membered cyclic amide) rings is 1. The molecule has 3 rings (SSSR count). The average molecular weight is 475 g/mol. The summed E-state index contributed by atoms with van der Waals surface area (Å²) < 4.78 is 0. The van der Waals surface area contributed by atoms with Crippen LogP contribution >= 0.6 is 0 Å². The molecule has 1 aliphatic heterocycles. The first kappa shape index (κ1) is 15.9. The molecule has 94 valence electrons. The van der Waals surface area contributed by atoms with Crippen LogP contribution in [-0.2, 0) is 4.79 Å². The largest absolute Gasteiger partial charge is 2.00 e. The number of anilines is 1. The van der Waals surface area contributed by atoms with Gasteiger partial charge in [0.1, 0.15) is 0 Å². The van der Waals surface area contributed by atoms with Crippen molar-refractivity contribution in [3.8, 4) is 0 Å². The van der Waals surface area contributed by atoms with E-state index in [0.29, 0.717) is 0 Å². The van der Waals surface area contributed by atoms with Crippen LogP contribution in [-0.4, -0.2) is 11.9 Å². The number of hydrogen-bond donors (Lipinski definition) is 0. The topological polar surface area (TPSA) is 20.3 Å². The summed E-state index contributed by atoms with van der Waals surface area (Å²) in [6.07, 6.45) is 1.72. The van der Waals surface area contributed by atoms with E-state index >= 15 is 0 Å². The summed E-state index contributed by atoms with van der Waals surface area (Å²) in [5, 5.41) is 0. The maximum atomic E-state index is 11.1. The Morgan fingerprint density at radius 3 is 2.00 bits per heavy atom. The Hall–Kier alpha value is -1.17. The molecule has 0 radical (unpaired) electrons. The van der Waals surface area contributed by atoms with Gasteiger partial charge in [-0.2, -0.15) is 36.4 Å². The van der Waals surface area contributed by atoms with E-state index in [-0.39, 0.29) is 43.1 Å². The molecular weight excluding hydrogens is 460 g/mol. The molecule has 1 fully saturated rings. The number of nitrogens with zero attached hydrogens (tertiary/aromatic N) is 1. The number of rotatable bonds is 1. The molecule has 1 unspecified atom stereocenters. The molecule has 2 aromatic carbocycles. The van der Waals surface area contributed by atoms with Gasteiger partial charge in [-0.1, -0.05) is 31.2 Å². The van der Waals surface area contributed by atoms with Crippen molar-refractivity contribution in [2.45, 2.75) is 13.0 Å². The van der Waals surface area contributed by atoms with Crippen LogP contribution in [0.5, 0.6) is 0 Å². The summed E-state index contributed by atoms with van der Waals surface area (Å²) in [5.74, 6) is 0.105. The van der Waals surface area contributed by atoms with Gasteiger partial charge in [0.2, 0.25) is 0 Å². The summed E-state index contributed by atoms with van der Waals surface area (Å²) >= 11 is 0. The summed E-state index contributed by atoms with van der Waals surface area (Å²) in [4.78, 5) is 12.9. The van der Waals surface area contributed by atoms with Crippen LogP contribution in [0.1, 0.15) is 6.92 Å². The van der Waals surface area contributed by atoms with Crippen molar-refractivity contribution in [3.63, 3.8) is 0 Å². The zero-order valence-electron chi connectivity index (χ0n) is 10.8. The Morgan fingerprint density at radius 1 is 1.05 bits per heavy atom. The smallest absolute Gasteiger partial charge is 0.362 e. The van der Waals surface area contributed by atoms with E-state index < -0.39 is 0 Å². The molecule has 2 nitrogen and oxygen atoms in total. The number of amides is 1. The molecule has 19 heavy (non-hydrogen) atoms. The fraction of sp³-hybridized carbons (Fsp3) is 0.125. The van der Waals surface area contributed by atoms with Crippen molar-refractivity contribution in [2.75, 3.05) is 4.90 Å². The minimum atomic E-state index is 0. The van der Waals surface area contributed by atoms with Crippen LogP contribution in [0.15, 0.2) is 60.7 Å². The van der Waals surface area contributed by atoms with Crippen LogP contribution in [0.4, 0.5) is 5.69 Å². The monoisotopic (exact) mass is 475 g/mol. The van der Waals surface area contributed by atoms with Gasteiger partial charge < -0.3 is 9.69 Å². The van der Waals surface area contributed by atoms with Crippen molar-refractivity contribution >= 4 is 11.6 Å². The molecule has 1 saturated heterocycles. The van der Waals surface area contributed by atoms with E-state index in [0.717, 1.165) is 5.69 Å². The molecule has 0 spiro atoms. The quantitative estimate of drug-likeness (QED) is 0.459. The van der Waals surface area contributed by atoms with Gasteiger partial charge >= 0.3 is 31.1 Å². The predicted molar refractivity (Wildman–Crippen MR) is 73.0 cm³/mol. The van der Waals surface area contributed by atoms with Crippen molar-refractivity contribution < 1.29 is 35.9 Å². The Morgan fingerprint density at radius 2 is 1.63 bits per heavy atom. The molecule has 0 saturated carbocycles. The van der Waals surface area contributed by atoms with Crippen molar-refractivity contribution in [3.05, 3.63) is 73.2 Å². The van der Waals surface area contributed by atoms with E-state index in [1.807, 2.05) is 67.6 Å². The number of benzene rings is 2. The standard InChI is InChI=1S/C10H10NO.C6H5.U/c1-8-7-10(12)11(8)9-5-3-2-4-6-9;1-2-4-6-5-3-1;/h2-8H,1H3;1-5H;/q2*-1;+2. The van der Waals surface area contributed by atoms with E-state index in [1.54, 1.807) is 11.3 Å². The van der Waals surface area contributed by atoms with Gasteiger partial charge in [-0.15, -0.1) is 0 Å². The van der Waals surface area contributed by atoms with Gasteiger partial charge in [-0.3, -0.25) is 6.42 Å². The van der Waals surface area contributed by atoms with E-state index in [1.165, 1.54) is 0 Å². The van der Waals surface area contributed by atoms with Gasteiger partial charge in [-0.25, -0.2) is 0 Å². The van der Waals surface area contributed by atoms with Crippen molar-refractivity contribution in [2.24, 2.45) is 0 Å². The van der Waals surface area contributed by atoms with E-state index in [9.17, 15) is 4.79 Å². The van der Waals surface area contributed by atoms with Gasteiger partial charge in [-0.05, 0) is 12.1 Å². The van der Waals surface area contributed by atoms with Crippen LogP contribution in [0.3, 0.4) is 0 Å². The zero-order valence-corrected chi connectivity index (χ0v) is 14.9. The van der Waals surface area contributed by atoms with Crippen molar-refractivity contribution in [1.29, 1.82) is 0 Å². The second-order valence-corrected chi connectivity index (χ2v) is 4.03. The summed E-state index contributed by atoms with van der Waals surface area (Å²) in [5.41, 5.74) is 0.984. The molecule has 1 amide bonds. The summed E-state index contributed by atoms with van der Waals surface area (Å²) in [7, 11) is 0. The molecule has 0 aliphatic carbocycles. The molecule has 3 heteroatoms. The van der Waals surface area contributed by atoms with Crippen LogP contribution < -0.4 is 4.90 Å². The first-order valence-electron chi connectivity index (χ1n) is 5.93. The van der Waals surface area contributed by atoms with Crippen LogP contribution in [0, 0.1) is 43.6 Å². The minimum Gasteiger partial charge on any atom is -0.362 e. The number of hydrogen-bond acceptors (Lipinski definition) is 1. The minimum absolute atomic E-state index is 0. The maximum absolute atomic E-state index is 11.1. The average Bonchev–Trinajstić information content (AvgIpc) is 2.42. The first-order valence-corrected chi connectivity index (χ1v) is 5.93. The van der Waals surface area contributed by atoms with E-state index in [2.05, 4.69) is 6.07 Å². The Bertz CT molecular complexity index is 460. The van der Waals surface area contributed by atoms with Crippen molar-refractivity contribution in [1.82, 2.24) is 0 Å². The molecule has 1 atom stereocenters. The molecule has 0 bridgehead atoms. The third kappa shape index (κ3) is 4.45. The van der Waals surface area contributed by atoms with Gasteiger partial charge in [0.25, 0.3) is 0 Å². The summed E-state index contributed by atoms with van der Waals surface area (Å²) in [6, 6.07) is 22.5. The number of para-hydroxylation sites is 1. The Kier molecular flexibility index (Phi) is 6.77. The van der Waals surface area contributed by atoms with Gasteiger partial charge in [0.05, 0.1) is 5.91 Å². The first-order chi connectivity index (χ1) is 8.79. The summed E-state index contributed by atoms with van der Waals surface area (Å²) in [6.45, 7) is 2.01. The SMILES string of the molecule is CC1[CH-]C(=O)N1c1ccccc1.[U+2].[c-]1ccccc1. The Labute approximate surface area is 138 Å². The number of carbonyl (C=O) groups excluding carboxylic acids is 1. The second-order valence-electron chi connectivity index (χ2n) is 4.03. The third-order valence-corrected chi connectivity index (χ3v) is 2.67. The van der Waals surface area contributed by atoms with Gasteiger partial charge in [0, 0.05) is 5.69 Å². The normalized spacial score (nSPS) is 16.2. The maximum Gasteiger partial charge on any atom is 2.00 e. The van der Waals surface area contributed by atoms with Gasteiger partial charge in [0.15, 0.2) is 0 Å². The van der Waals surface area contributed by atoms with E-state index in [4.69, 9.17) is 0 Å². The molecule has 0 aromatic heterocycles. The van der Waals surface area contributed by atoms with Crippen LogP contribution in [0.25, 0.3) is 0 Å². The molecule has 1 heterocycles. The zero-order chi connectivity index (χ0) is 12.8. The number of carbonyl (C=O) groups is 1. The Balaban J connectivity index is 0.000000220. The molecule has 2 aromatic rings.